The van der Waals surface area contributed by atoms with Crippen molar-refractivity contribution in [3.05, 3.63) is 133 Å². The predicted octanol–water partition coefficient (Wildman–Crippen LogP) is 8.87. The number of hydrazine groups is 1. The number of amides is 2. The number of aromatic hydroxyl groups is 1. The maximum atomic E-state index is 15.3. The second-order valence-electron chi connectivity index (χ2n) is 14.4. The van der Waals surface area contributed by atoms with Crippen LogP contribution in [0.2, 0.25) is 5.02 Å². The molecule has 0 bridgehead atoms. The molecule has 6 atom stereocenters. The Balaban J connectivity index is 1.34. The van der Waals surface area contributed by atoms with E-state index in [0.29, 0.717) is 32.8 Å². The molecule has 2 amide bonds. The molecule has 1 saturated carbocycles. The standard InChI is InChI=1S/C42H31Br2ClF3N3O6/c1-50(38-28(45)15-16-30(49-38)42(46,47)48)51-39(55)23-14-13-22-25(32(23)40(51)56)17-27-36(53)24(20-9-5-3-6-10-20)19-31(52)41(27,21-11-7-4-8-12-21)33(22)26-18-29(57-2)37(54)35(44)34(26)43/h3-13,15-16,18-19,23,25,27,32-33,54H,14,17H2,1-2H3. The molecule has 1 aromatic heterocycles. The summed E-state index contributed by atoms with van der Waals surface area (Å²) in [5.74, 6) is -7.48. The summed E-state index contributed by atoms with van der Waals surface area (Å²) in [6, 6.07) is 21.1. The molecular weight excluding hydrogens is 895 g/mol. The van der Waals surface area contributed by atoms with Crippen molar-refractivity contribution in [1.82, 2.24) is 9.99 Å². The number of fused-ring (bicyclic) bond motifs is 4. The summed E-state index contributed by atoms with van der Waals surface area (Å²) in [5.41, 5.74) is -0.437. The van der Waals surface area contributed by atoms with Crippen LogP contribution in [0.1, 0.15) is 41.1 Å². The molecule has 2 fully saturated rings. The molecular formula is C42H31Br2ClF3N3O6. The van der Waals surface area contributed by atoms with Gasteiger partial charge < -0.3 is 9.84 Å². The molecule has 15 heteroatoms. The van der Waals surface area contributed by atoms with Crippen molar-refractivity contribution in [2.24, 2.45) is 23.7 Å². The molecule has 6 unspecified atom stereocenters. The molecule has 1 N–H and O–H groups in total. The van der Waals surface area contributed by atoms with Crippen LogP contribution < -0.4 is 9.75 Å². The van der Waals surface area contributed by atoms with Crippen LogP contribution in [-0.4, -0.2) is 52.6 Å². The van der Waals surface area contributed by atoms with Gasteiger partial charge in [0.1, 0.15) is 5.69 Å². The lowest BCUT2D eigenvalue weighted by atomic mass is 9.44. The molecule has 3 aromatic carbocycles. The number of imide groups is 1. The Bertz CT molecular complexity index is 2450. The minimum absolute atomic E-state index is 0.0136. The van der Waals surface area contributed by atoms with E-state index in [1.165, 1.54) is 20.2 Å². The first-order valence-electron chi connectivity index (χ1n) is 17.8. The fourth-order valence-corrected chi connectivity index (χ4v) is 10.6. The Morgan fingerprint density at radius 3 is 2.26 bits per heavy atom. The van der Waals surface area contributed by atoms with Crippen LogP contribution in [-0.2, 0) is 30.8 Å². The summed E-state index contributed by atoms with van der Waals surface area (Å²) in [4.78, 5) is 63.3. The van der Waals surface area contributed by atoms with E-state index in [-0.39, 0.29) is 51.0 Å². The van der Waals surface area contributed by atoms with Crippen LogP contribution in [0.15, 0.2) is 106 Å². The number of allylic oxidation sites excluding steroid dienone is 4. The first-order valence-corrected chi connectivity index (χ1v) is 19.8. The van der Waals surface area contributed by atoms with Crippen LogP contribution >= 0.6 is 43.5 Å². The van der Waals surface area contributed by atoms with Crippen LogP contribution in [0.3, 0.4) is 0 Å². The topological polar surface area (TPSA) is 117 Å². The summed E-state index contributed by atoms with van der Waals surface area (Å²) in [6.07, 6.45) is -1.56. The highest BCUT2D eigenvalue weighted by Gasteiger charge is 2.66. The molecule has 2 heterocycles. The van der Waals surface area contributed by atoms with Gasteiger partial charge in [-0.05, 0) is 91.6 Å². The number of hydrogen-bond donors (Lipinski definition) is 1. The zero-order chi connectivity index (χ0) is 40.7. The fraction of sp³-hybridized carbons (Fsp3) is 0.262. The average molecular weight is 926 g/mol. The number of hydrogen-bond acceptors (Lipinski definition) is 8. The number of phenols is 1. The van der Waals surface area contributed by atoms with Gasteiger partial charge in [-0.25, -0.2) is 4.98 Å². The lowest BCUT2D eigenvalue weighted by Crippen LogP contribution is -2.59. The fourth-order valence-electron chi connectivity index (χ4n) is 9.39. The van der Waals surface area contributed by atoms with E-state index in [9.17, 15) is 27.9 Å². The average Bonchev–Trinajstić information content (AvgIpc) is 3.46. The van der Waals surface area contributed by atoms with Gasteiger partial charge in [0.05, 0.1) is 33.9 Å². The van der Waals surface area contributed by atoms with Gasteiger partial charge in [0.25, 0.3) is 11.8 Å². The molecule has 4 aliphatic rings. The van der Waals surface area contributed by atoms with E-state index in [2.05, 4.69) is 36.8 Å². The second-order valence-corrected chi connectivity index (χ2v) is 16.4. The van der Waals surface area contributed by atoms with E-state index in [1.54, 1.807) is 66.7 Å². The molecule has 1 saturated heterocycles. The first kappa shape index (κ1) is 39.1. The normalized spacial score (nSPS) is 25.7. The number of carbonyl (C=O) groups excluding carboxylic acids is 4. The van der Waals surface area contributed by atoms with Gasteiger partial charge in [-0.15, -0.1) is 0 Å². The number of aromatic nitrogens is 1. The van der Waals surface area contributed by atoms with Gasteiger partial charge in [-0.1, -0.05) is 83.9 Å². The number of methoxy groups -OCH3 is 1. The van der Waals surface area contributed by atoms with E-state index >= 15 is 9.59 Å². The maximum Gasteiger partial charge on any atom is 0.433 e. The highest BCUT2D eigenvalue weighted by atomic mass is 79.9. The van der Waals surface area contributed by atoms with Crippen molar-refractivity contribution in [3.63, 3.8) is 0 Å². The van der Waals surface area contributed by atoms with Crippen molar-refractivity contribution in [1.29, 1.82) is 0 Å². The first-order chi connectivity index (χ1) is 27.1. The zero-order valence-corrected chi connectivity index (χ0v) is 34.0. The van der Waals surface area contributed by atoms with Crippen LogP contribution in [0.25, 0.3) is 5.57 Å². The zero-order valence-electron chi connectivity index (χ0n) is 30.1. The van der Waals surface area contributed by atoms with E-state index in [0.717, 1.165) is 16.1 Å². The molecule has 0 radical (unpaired) electrons. The van der Waals surface area contributed by atoms with Gasteiger partial charge in [-0.2, -0.15) is 18.2 Å². The molecule has 57 heavy (non-hydrogen) atoms. The number of nitrogens with zero attached hydrogens (tertiary/aromatic N) is 3. The van der Waals surface area contributed by atoms with Crippen molar-refractivity contribution in [2.75, 3.05) is 19.2 Å². The Kier molecular flexibility index (Phi) is 9.76. The highest BCUT2D eigenvalue weighted by molar-refractivity contribution is 9.13. The minimum atomic E-state index is -4.83. The number of pyridine rings is 1. The maximum absolute atomic E-state index is 15.3. The Morgan fingerprint density at radius 2 is 1.61 bits per heavy atom. The molecule has 292 valence electrons. The van der Waals surface area contributed by atoms with Crippen molar-refractivity contribution in [2.45, 2.75) is 30.4 Å². The van der Waals surface area contributed by atoms with Crippen LogP contribution in [0.4, 0.5) is 19.0 Å². The molecule has 3 aliphatic carbocycles. The number of ketones is 2. The summed E-state index contributed by atoms with van der Waals surface area (Å²) in [6.45, 7) is 0. The van der Waals surface area contributed by atoms with E-state index < -0.39 is 64.5 Å². The SMILES string of the molecule is COc1cc(C2C3=CCC4C(=O)N(N(C)c5nc(C(F)(F)F)ccc5Cl)C(=O)C4C3CC3C(=O)C(c4ccccc4)=CC(=O)C32c2ccccc2)c(Br)c(Br)c1O. The van der Waals surface area contributed by atoms with Gasteiger partial charge in [0.15, 0.2) is 28.9 Å². The lowest BCUT2D eigenvalue weighted by molar-refractivity contribution is -0.141. The number of benzene rings is 3. The van der Waals surface area contributed by atoms with Gasteiger partial charge in [0, 0.05) is 28.9 Å². The van der Waals surface area contributed by atoms with Crippen LogP contribution in [0, 0.1) is 23.7 Å². The second kappa shape index (κ2) is 14.2. The van der Waals surface area contributed by atoms with E-state index in [4.69, 9.17) is 16.3 Å². The molecule has 4 aromatic rings. The summed E-state index contributed by atoms with van der Waals surface area (Å²) in [7, 11) is 2.63. The van der Waals surface area contributed by atoms with Crippen molar-refractivity contribution < 1.29 is 42.2 Å². The lowest BCUT2D eigenvalue weighted by Gasteiger charge is -2.55. The van der Waals surface area contributed by atoms with E-state index in [1.807, 2.05) is 6.08 Å². The molecule has 9 nitrogen and oxygen atoms in total. The number of alkyl halides is 3. The predicted molar refractivity (Wildman–Crippen MR) is 211 cm³/mol. The number of phenolic OH excluding ortho intramolecular Hbond substituents is 1. The summed E-state index contributed by atoms with van der Waals surface area (Å²) in [5, 5.41) is 12.5. The summed E-state index contributed by atoms with van der Waals surface area (Å²) < 4.78 is 47.4. The largest absolute Gasteiger partial charge is 0.503 e. The third kappa shape index (κ3) is 5.88. The van der Waals surface area contributed by atoms with Gasteiger partial charge in [0.2, 0.25) is 0 Å². The Labute approximate surface area is 346 Å². The Morgan fingerprint density at radius 1 is 0.947 bits per heavy atom. The van der Waals surface area contributed by atoms with Gasteiger partial charge >= 0.3 is 6.18 Å². The minimum Gasteiger partial charge on any atom is -0.503 e. The smallest absolute Gasteiger partial charge is 0.433 e. The Hall–Kier alpha value is -4.79. The molecule has 1 aliphatic heterocycles. The summed E-state index contributed by atoms with van der Waals surface area (Å²) >= 11 is 13.5. The molecule has 8 rings (SSSR count). The number of rotatable bonds is 6. The number of carbonyl (C=O) groups is 4. The third-order valence-electron chi connectivity index (χ3n) is 11.8. The van der Waals surface area contributed by atoms with Crippen LogP contribution in [0.5, 0.6) is 11.5 Å². The van der Waals surface area contributed by atoms with Crippen molar-refractivity contribution in [3.8, 4) is 11.5 Å². The number of halogens is 6. The van der Waals surface area contributed by atoms with Crippen molar-refractivity contribution >= 4 is 78.2 Å². The monoisotopic (exact) mass is 923 g/mol. The number of Topliss-reactive ketones (excluding diaryl/α,β-unsaturated/α-hetero) is 1. The molecule has 0 spiro atoms. The van der Waals surface area contributed by atoms with Gasteiger partial charge in [-0.3, -0.25) is 24.2 Å². The third-order valence-corrected chi connectivity index (χ3v) is 14.2. The number of ether oxygens (including phenoxy) is 1. The highest BCUT2D eigenvalue weighted by Crippen LogP contribution is 2.65. The quantitative estimate of drug-likeness (QED) is 0.151. The number of anilines is 1.